The zero-order valence-corrected chi connectivity index (χ0v) is 11.3. The number of rotatable bonds is 5. The minimum absolute atomic E-state index is 0.00769. The molecule has 19 heavy (non-hydrogen) atoms. The van der Waals surface area contributed by atoms with Crippen LogP contribution >= 0.6 is 0 Å². The van der Waals surface area contributed by atoms with Gasteiger partial charge in [-0.15, -0.1) is 0 Å². The number of halogens is 3. The molecule has 2 aliphatic carbocycles. The topological polar surface area (TPSA) is 30.5 Å². The van der Waals surface area contributed by atoms with Crippen molar-refractivity contribution >= 4 is 0 Å². The van der Waals surface area contributed by atoms with Crippen molar-refractivity contribution in [2.75, 3.05) is 13.2 Å². The second-order valence-corrected chi connectivity index (χ2v) is 5.55. The van der Waals surface area contributed by atoms with Crippen LogP contribution in [0.3, 0.4) is 0 Å². The highest BCUT2D eigenvalue weighted by Crippen LogP contribution is 2.53. The molecule has 0 aromatic carbocycles. The molecule has 2 atom stereocenters. The van der Waals surface area contributed by atoms with E-state index in [0.717, 1.165) is 32.1 Å². The minimum Gasteiger partial charge on any atom is -0.378 e. The molecule has 6 heteroatoms. The first-order chi connectivity index (χ1) is 8.98. The lowest BCUT2D eigenvalue weighted by Gasteiger charge is -2.57. The molecule has 0 saturated heterocycles. The van der Waals surface area contributed by atoms with E-state index in [4.69, 9.17) is 4.74 Å². The zero-order chi connectivity index (χ0) is 13.9. The van der Waals surface area contributed by atoms with Crippen molar-refractivity contribution in [1.29, 1.82) is 0 Å². The third-order valence-electron chi connectivity index (χ3n) is 4.40. The monoisotopic (exact) mass is 281 g/mol. The molecule has 0 bridgehead atoms. The summed E-state index contributed by atoms with van der Waals surface area (Å²) in [5.41, 5.74) is 2.61. The van der Waals surface area contributed by atoms with Crippen LogP contribution < -0.4 is 5.48 Å². The van der Waals surface area contributed by atoms with Gasteiger partial charge in [0.05, 0.1) is 6.10 Å². The van der Waals surface area contributed by atoms with E-state index >= 15 is 0 Å². The number of hydrogen-bond donors (Lipinski definition) is 1. The van der Waals surface area contributed by atoms with Crippen molar-refractivity contribution in [3.8, 4) is 0 Å². The van der Waals surface area contributed by atoms with Crippen molar-refractivity contribution < 1.29 is 22.7 Å². The summed E-state index contributed by atoms with van der Waals surface area (Å²) < 4.78 is 41.9. The van der Waals surface area contributed by atoms with Gasteiger partial charge in [-0.3, -0.25) is 4.84 Å². The third-order valence-corrected chi connectivity index (χ3v) is 4.40. The van der Waals surface area contributed by atoms with Gasteiger partial charge < -0.3 is 4.74 Å². The lowest BCUT2D eigenvalue weighted by Crippen LogP contribution is -2.64. The molecule has 0 aromatic heterocycles. The van der Waals surface area contributed by atoms with E-state index in [1.807, 2.05) is 6.92 Å². The first-order valence-electron chi connectivity index (χ1n) is 7.03. The summed E-state index contributed by atoms with van der Waals surface area (Å²) in [6, 6.07) is -0.00769. The van der Waals surface area contributed by atoms with Crippen molar-refractivity contribution in [2.45, 2.75) is 63.8 Å². The summed E-state index contributed by atoms with van der Waals surface area (Å²) in [5.74, 6) is 0. The molecule has 2 unspecified atom stereocenters. The Kier molecular flexibility index (Phi) is 4.74. The SMILES string of the molecule is CCOC1CC(NOCC(F)(F)F)C12CCCCC2. The average Bonchev–Trinajstić information content (AvgIpc) is 2.36. The van der Waals surface area contributed by atoms with Crippen molar-refractivity contribution in [3.63, 3.8) is 0 Å². The van der Waals surface area contributed by atoms with Crippen molar-refractivity contribution in [2.24, 2.45) is 5.41 Å². The Morgan fingerprint density at radius 1 is 1.21 bits per heavy atom. The highest BCUT2D eigenvalue weighted by Gasteiger charge is 2.55. The maximum absolute atomic E-state index is 12.1. The molecule has 3 nitrogen and oxygen atoms in total. The van der Waals surface area contributed by atoms with Gasteiger partial charge in [-0.25, -0.2) is 0 Å². The second kappa shape index (κ2) is 5.97. The van der Waals surface area contributed by atoms with Crippen LogP contribution in [0.25, 0.3) is 0 Å². The first kappa shape index (κ1) is 15.1. The summed E-state index contributed by atoms with van der Waals surface area (Å²) in [7, 11) is 0. The molecule has 2 aliphatic rings. The molecule has 2 saturated carbocycles. The summed E-state index contributed by atoms with van der Waals surface area (Å²) in [6.45, 7) is 1.37. The van der Waals surface area contributed by atoms with Crippen LogP contribution in [0.4, 0.5) is 13.2 Å². The maximum atomic E-state index is 12.1. The summed E-state index contributed by atoms with van der Waals surface area (Å²) in [4.78, 5) is 4.63. The van der Waals surface area contributed by atoms with Gasteiger partial charge >= 0.3 is 6.18 Å². The minimum atomic E-state index is -4.28. The largest absolute Gasteiger partial charge is 0.413 e. The normalized spacial score (nSPS) is 30.3. The zero-order valence-electron chi connectivity index (χ0n) is 11.3. The van der Waals surface area contributed by atoms with Gasteiger partial charge in [-0.1, -0.05) is 19.3 Å². The maximum Gasteiger partial charge on any atom is 0.413 e. The summed E-state index contributed by atoms with van der Waals surface area (Å²) >= 11 is 0. The van der Waals surface area contributed by atoms with Gasteiger partial charge in [0, 0.05) is 18.1 Å². The molecule has 0 aliphatic heterocycles. The van der Waals surface area contributed by atoms with Crippen LogP contribution in [-0.4, -0.2) is 31.5 Å². The first-order valence-corrected chi connectivity index (χ1v) is 7.03. The molecular formula is C13H22F3NO2. The Bertz CT molecular complexity index is 290. The molecule has 0 amide bonds. The van der Waals surface area contributed by atoms with E-state index in [9.17, 15) is 13.2 Å². The Balaban J connectivity index is 1.86. The molecular weight excluding hydrogens is 259 g/mol. The van der Waals surface area contributed by atoms with Gasteiger partial charge in [0.15, 0.2) is 6.61 Å². The van der Waals surface area contributed by atoms with Crippen LogP contribution in [0, 0.1) is 5.41 Å². The fourth-order valence-electron chi connectivity index (χ4n) is 3.45. The number of alkyl halides is 3. The molecule has 112 valence electrons. The Morgan fingerprint density at radius 2 is 1.89 bits per heavy atom. The molecule has 0 heterocycles. The van der Waals surface area contributed by atoms with E-state index < -0.39 is 12.8 Å². The van der Waals surface area contributed by atoms with E-state index in [0.29, 0.717) is 6.61 Å². The molecule has 0 aromatic rings. The molecule has 2 rings (SSSR count). The van der Waals surface area contributed by atoms with E-state index in [-0.39, 0.29) is 17.6 Å². The molecule has 1 spiro atoms. The average molecular weight is 281 g/mol. The lowest BCUT2D eigenvalue weighted by molar-refractivity contribution is -0.224. The van der Waals surface area contributed by atoms with Crippen molar-refractivity contribution in [3.05, 3.63) is 0 Å². The third kappa shape index (κ3) is 3.41. The van der Waals surface area contributed by atoms with Gasteiger partial charge in [-0.2, -0.15) is 18.7 Å². The number of ether oxygens (including phenoxy) is 1. The van der Waals surface area contributed by atoms with Crippen LogP contribution in [0.15, 0.2) is 0 Å². The summed E-state index contributed by atoms with van der Waals surface area (Å²) in [6.07, 6.45) is 2.13. The lowest BCUT2D eigenvalue weighted by atomic mass is 9.55. The van der Waals surface area contributed by atoms with Crippen LogP contribution in [0.1, 0.15) is 45.4 Å². The number of hydroxylamine groups is 1. The Morgan fingerprint density at radius 3 is 2.47 bits per heavy atom. The Labute approximate surface area is 111 Å². The van der Waals surface area contributed by atoms with E-state index in [2.05, 4.69) is 10.3 Å². The predicted octanol–water partition coefficient (Wildman–Crippen LogP) is 3.20. The molecule has 2 fully saturated rings. The second-order valence-electron chi connectivity index (χ2n) is 5.55. The van der Waals surface area contributed by atoms with Gasteiger partial charge in [0.25, 0.3) is 0 Å². The van der Waals surface area contributed by atoms with Crippen LogP contribution in [0.2, 0.25) is 0 Å². The molecule has 1 N–H and O–H groups in total. The van der Waals surface area contributed by atoms with E-state index in [1.165, 1.54) is 6.42 Å². The highest BCUT2D eigenvalue weighted by molar-refractivity contribution is 5.08. The van der Waals surface area contributed by atoms with Gasteiger partial charge in [-0.05, 0) is 26.2 Å². The fraction of sp³-hybridized carbons (Fsp3) is 1.00. The van der Waals surface area contributed by atoms with Gasteiger partial charge in [0.2, 0.25) is 0 Å². The van der Waals surface area contributed by atoms with E-state index in [1.54, 1.807) is 0 Å². The van der Waals surface area contributed by atoms with Crippen LogP contribution in [0.5, 0.6) is 0 Å². The van der Waals surface area contributed by atoms with Gasteiger partial charge in [0.1, 0.15) is 0 Å². The quantitative estimate of drug-likeness (QED) is 0.785. The van der Waals surface area contributed by atoms with Crippen molar-refractivity contribution in [1.82, 2.24) is 5.48 Å². The highest BCUT2D eigenvalue weighted by atomic mass is 19.4. The Hall–Kier alpha value is -0.330. The number of nitrogens with one attached hydrogen (secondary N) is 1. The predicted molar refractivity (Wildman–Crippen MR) is 64.5 cm³/mol. The smallest absolute Gasteiger partial charge is 0.378 e. The number of hydrogen-bond acceptors (Lipinski definition) is 3. The molecule has 0 radical (unpaired) electrons. The standard InChI is InChI=1S/C13H22F3NO2/c1-2-18-11-8-10(17-19-9-13(14,15)16)12(11)6-4-3-5-7-12/h10-11,17H,2-9H2,1H3. The van der Waals surface area contributed by atoms with Crippen LogP contribution in [-0.2, 0) is 9.57 Å². The summed E-state index contributed by atoms with van der Waals surface area (Å²) in [5, 5.41) is 0. The fourth-order valence-corrected chi connectivity index (χ4v) is 3.45.